The zero-order valence-electron chi connectivity index (χ0n) is 10.0. The first-order valence-corrected chi connectivity index (χ1v) is 7.51. The summed E-state index contributed by atoms with van der Waals surface area (Å²) >= 11 is 10.8. The number of aromatic nitrogens is 2. The lowest BCUT2D eigenvalue weighted by atomic mass is 10.0. The second-order valence-electron chi connectivity index (χ2n) is 4.12. The summed E-state index contributed by atoms with van der Waals surface area (Å²) in [5.74, 6) is 0.546. The van der Waals surface area contributed by atoms with Crippen LogP contribution in [0.4, 0.5) is 0 Å². The fourth-order valence-electron chi connectivity index (χ4n) is 1.44. The molecule has 0 aliphatic heterocycles. The summed E-state index contributed by atoms with van der Waals surface area (Å²) in [7, 11) is 0. The Balaban J connectivity index is 2.21. The lowest BCUT2D eigenvalue weighted by Crippen LogP contribution is -1.88. The van der Waals surface area contributed by atoms with Gasteiger partial charge in [-0.15, -0.1) is 0 Å². The Morgan fingerprint density at radius 2 is 1.89 bits per heavy atom. The highest BCUT2D eigenvalue weighted by Gasteiger charge is 2.06. The molecule has 0 N–H and O–H groups in total. The Labute approximate surface area is 124 Å². The minimum atomic E-state index is 0.263. The predicted octanol–water partition coefficient (Wildman–Crippen LogP) is 5.17. The molecule has 0 saturated heterocycles. The smallest absolute Gasteiger partial charge is 0.223 e. The molecule has 1 aromatic heterocycles. The molecule has 2 aromatic rings. The van der Waals surface area contributed by atoms with Crippen LogP contribution < -0.4 is 0 Å². The molecule has 2 nitrogen and oxygen atoms in total. The Morgan fingerprint density at radius 3 is 2.50 bits per heavy atom. The number of hydrogen-bond acceptors (Lipinski definition) is 3. The molecule has 0 fully saturated rings. The van der Waals surface area contributed by atoms with E-state index in [-0.39, 0.29) is 5.28 Å². The number of rotatable bonds is 3. The largest absolute Gasteiger partial charge is 0.225 e. The number of halogens is 2. The molecule has 0 aliphatic carbocycles. The average molecular weight is 344 g/mol. The third kappa shape index (κ3) is 3.46. The summed E-state index contributed by atoms with van der Waals surface area (Å²) < 4.78 is 0.852. The van der Waals surface area contributed by atoms with E-state index in [9.17, 15) is 0 Å². The van der Waals surface area contributed by atoms with Crippen LogP contribution in [0.5, 0.6) is 0 Å². The molecule has 0 bridgehead atoms. The van der Waals surface area contributed by atoms with Crippen LogP contribution in [0.2, 0.25) is 5.28 Å². The zero-order chi connectivity index (χ0) is 13.1. The summed E-state index contributed by atoms with van der Waals surface area (Å²) in [4.78, 5) is 9.24. The van der Waals surface area contributed by atoms with E-state index in [2.05, 4.69) is 64.0 Å². The van der Waals surface area contributed by atoms with Gasteiger partial charge in [0.2, 0.25) is 5.28 Å². The summed E-state index contributed by atoms with van der Waals surface area (Å²) in [6, 6.07) is 8.48. The van der Waals surface area contributed by atoms with Crippen LogP contribution in [-0.4, -0.2) is 9.97 Å². The maximum Gasteiger partial charge on any atom is 0.223 e. The number of nitrogens with zero attached hydrogens (tertiary/aromatic N) is 2. The van der Waals surface area contributed by atoms with Gasteiger partial charge in [-0.2, -0.15) is 0 Å². The molecule has 0 atom stereocenters. The highest BCUT2D eigenvalue weighted by Crippen LogP contribution is 2.32. The highest BCUT2D eigenvalue weighted by atomic mass is 79.9. The Morgan fingerprint density at radius 1 is 1.22 bits per heavy atom. The molecule has 0 aliphatic rings. The summed E-state index contributed by atoms with van der Waals surface area (Å²) in [6.45, 7) is 4.37. The van der Waals surface area contributed by atoms with Gasteiger partial charge in [-0.25, -0.2) is 9.97 Å². The third-order valence-electron chi connectivity index (χ3n) is 2.44. The van der Waals surface area contributed by atoms with Crippen LogP contribution in [0.15, 0.2) is 44.9 Å². The molecular weight excluding hydrogens is 332 g/mol. The third-order valence-corrected chi connectivity index (χ3v) is 4.48. The zero-order valence-corrected chi connectivity index (χ0v) is 13.2. The van der Waals surface area contributed by atoms with Gasteiger partial charge in [0, 0.05) is 11.1 Å². The minimum Gasteiger partial charge on any atom is -0.225 e. The van der Waals surface area contributed by atoms with Gasteiger partial charge < -0.3 is 0 Å². The lowest BCUT2D eigenvalue weighted by Gasteiger charge is -2.07. The topological polar surface area (TPSA) is 25.8 Å². The van der Waals surface area contributed by atoms with E-state index in [4.69, 9.17) is 11.6 Å². The number of hydrogen-bond donors (Lipinski definition) is 0. The van der Waals surface area contributed by atoms with Crippen molar-refractivity contribution in [1.29, 1.82) is 0 Å². The first-order valence-electron chi connectivity index (χ1n) is 5.52. The van der Waals surface area contributed by atoms with Gasteiger partial charge in [-0.1, -0.05) is 37.7 Å². The highest BCUT2D eigenvalue weighted by molar-refractivity contribution is 9.10. The molecular formula is C13H12BrClN2S. The van der Waals surface area contributed by atoms with Crippen LogP contribution >= 0.6 is 39.3 Å². The Bertz CT molecular complexity index is 543. The molecule has 18 heavy (non-hydrogen) atoms. The van der Waals surface area contributed by atoms with Gasteiger partial charge in [-0.3, -0.25) is 0 Å². The standard InChI is InChI=1S/C13H12BrClN2S/c1-8(2)9-3-5-10(6-4-9)18-12-11(14)7-16-13(15)17-12/h3-8H,1-2H3. The van der Waals surface area contributed by atoms with Crippen molar-refractivity contribution in [2.24, 2.45) is 0 Å². The molecule has 5 heteroatoms. The van der Waals surface area contributed by atoms with Gasteiger partial charge in [0.05, 0.1) is 4.47 Å². The van der Waals surface area contributed by atoms with Crippen molar-refractivity contribution in [2.45, 2.75) is 29.7 Å². The molecule has 0 saturated carbocycles. The molecule has 0 unspecified atom stereocenters. The number of benzene rings is 1. The van der Waals surface area contributed by atoms with Crippen molar-refractivity contribution in [2.75, 3.05) is 0 Å². The van der Waals surface area contributed by atoms with E-state index in [0.717, 1.165) is 14.4 Å². The Hall–Kier alpha value is -0.580. The van der Waals surface area contributed by atoms with E-state index >= 15 is 0 Å². The van der Waals surface area contributed by atoms with Crippen molar-refractivity contribution in [1.82, 2.24) is 9.97 Å². The van der Waals surface area contributed by atoms with Crippen LogP contribution in [0, 0.1) is 0 Å². The second-order valence-corrected chi connectivity index (χ2v) is 6.37. The first kappa shape index (κ1) is 13.8. The second kappa shape index (κ2) is 6.04. The van der Waals surface area contributed by atoms with Crippen LogP contribution in [0.3, 0.4) is 0 Å². The SMILES string of the molecule is CC(C)c1ccc(Sc2nc(Cl)ncc2Br)cc1. The summed E-state index contributed by atoms with van der Waals surface area (Å²) in [5, 5.41) is 1.09. The fourth-order valence-corrected chi connectivity index (χ4v) is 2.83. The van der Waals surface area contributed by atoms with Gasteiger partial charge in [-0.05, 0) is 51.1 Å². The van der Waals surface area contributed by atoms with Crippen molar-refractivity contribution in [3.05, 3.63) is 45.8 Å². The summed E-state index contributed by atoms with van der Waals surface area (Å²) in [5.41, 5.74) is 1.33. The van der Waals surface area contributed by atoms with Crippen LogP contribution in [0.1, 0.15) is 25.3 Å². The van der Waals surface area contributed by atoms with Gasteiger partial charge >= 0.3 is 0 Å². The normalized spacial score (nSPS) is 10.9. The Kier molecular flexibility index (Phi) is 4.65. The minimum absolute atomic E-state index is 0.263. The van der Waals surface area contributed by atoms with Crippen molar-refractivity contribution in [3.8, 4) is 0 Å². The molecule has 0 spiro atoms. The first-order chi connectivity index (χ1) is 8.56. The molecule has 1 aromatic carbocycles. The van der Waals surface area contributed by atoms with Crippen molar-refractivity contribution < 1.29 is 0 Å². The monoisotopic (exact) mass is 342 g/mol. The molecule has 0 amide bonds. The van der Waals surface area contributed by atoms with Gasteiger partial charge in [0.15, 0.2) is 0 Å². The van der Waals surface area contributed by atoms with Crippen molar-refractivity contribution >= 4 is 39.3 Å². The van der Waals surface area contributed by atoms with E-state index in [1.165, 1.54) is 5.56 Å². The van der Waals surface area contributed by atoms with Gasteiger partial charge in [0.1, 0.15) is 5.03 Å². The predicted molar refractivity (Wildman–Crippen MR) is 79.4 cm³/mol. The van der Waals surface area contributed by atoms with E-state index in [0.29, 0.717) is 5.92 Å². The maximum atomic E-state index is 5.79. The van der Waals surface area contributed by atoms with E-state index < -0.39 is 0 Å². The van der Waals surface area contributed by atoms with Gasteiger partial charge in [0.25, 0.3) is 0 Å². The lowest BCUT2D eigenvalue weighted by molar-refractivity contribution is 0.865. The molecule has 0 radical (unpaired) electrons. The van der Waals surface area contributed by atoms with Crippen LogP contribution in [0.25, 0.3) is 0 Å². The maximum absolute atomic E-state index is 5.79. The average Bonchev–Trinajstić information content (AvgIpc) is 2.34. The summed E-state index contributed by atoms with van der Waals surface area (Å²) in [6.07, 6.45) is 1.67. The molecule has 94 valence electrons. The fraction of sp³-hybridized carbons (Fsp3) is 0.231. The van der Waals surface area contributed by atoms with E-state index in [1.54, 1.807) is 18.0 Å². The van der Waals surface area contributed by atoms with Crippen LogP contribution in [-0.2, 0) is 0 Å². The quantitative estimate of drug-likeness (QED) is 0.568. The van der Waals surface area contributed by atoms with E-state index in [1.807, 2.05) is 0 Å². The van der Waals surface area contributed by atoms with Crippen molar-refractivity contribution in [3.63, 3.8) is 0 Å². The molecule has 1 heterocycles. The molecule has 2 rings (SSSR count).